The first-order valence-electron chi connectivity index (χ1n) is 5.23. The van der Waals surface area contributed by atoms with E-state index < -0.39 is 0 Å². The summed E-state index contributed by atoms with van der Waals surface area (Å²) in [6.07, 6.45) is 4.61. The summed E-state index contributed by atoms with van der Waals surface area (Å²) >= 11 is 8.00. The Hall–Kier alpha value is -0.340. The van der Waals surface area contributed by atoms with E-state index in [-0.39, 0.29) is 0 Å². The maximum Gasteiger partial charge on any atom is 0.0640 e. The Morgan fingerprint density at radius 3 is 2.80 bits per heavy atom. The molecule has 0 amide bonds. The highest BCUT2D eigenvalue weighted by molar-refractivity contribution is 7.98. The largest absolute Gasteiger partial charge is 0.384 e. The lowest BCUT2D eigenvalue weighted by Crippen LogP contribution is -2.03. The van der Waals surface area contributed by atoms with E-state index in [4.69, 9.17) is 11.6 Å². The number of hydrogen-bond acceptors (Lipinski definition) is 2. The summed E-state index contributed by atoms with van der Waals surface area (Å²) in [5, 5.41) is 4.22. The van der Waals surface area contributed by atoms with Gasteiger partial charge in [0.2, 0.25) is 0 Å². The number of thioether (sulfide) groups is 1. The van der Waals surface area contributed by atoms with Crippen molar-refractivity contribution < 1.29 is 0 Å². The zero-order valence-electron chi connectivity index (χ0n) is 9.35. The van der Waals surface area contributed by atoms with Gasteiger partial charge in [0.25, 0.3) is 0 Å². The molecular formula is C12H18ClNS. The predicted octanol–water partition coefficient (Wildman–Crippen LogP) is 4.20. The molecule has 0 aliphatic rings. The van der Waals surface area contributed by atoms with Crippen LogP contribution in [-0.4, -0.2) is 18.6 Å². The summed E-state index contributed by atoms with van der Waals surface area (Å²) in [6, 6.07) is 5.99. The lowest BCUT2D eigenvalue weighted by atomic mass is 10.2. The average molecular weight is 244 g/mol. The van der Waals surface area contributed by atoms with Crippen molar-refractivity contribution in [3.05, 3.63) is 28.8 Å². The average Bonchev–Trinajstić information content (AvgIpc) is 2.21. The molecule has 0 saturated carbocycles. The molecule has 0 aromatic heterocycles. The van der Waals surface area contributed by atoms with Gasteiger partial charge in [-0.25, -0.2) is 0 Å². The van der Waals surface area contributed by atoms with Crippen molar-refractivity contribution >= 4 is 29.1 Å². The SMILES string of the molecule is CSCCCCNc1c(C)cccc1Cl. The summed E-state index contributed by atoms with van der Waals surface area (Å²) in [6.45, 7) is 3.08. The van der Waals surface area contributed by atoms with Gasteiger partial charge in [0.05, 0.1) is 10.7 Å². The minimum absolute atomic E-state index is 0.819. The molecule has 0 spiro atoms. The molecule has 0 unspecified atom stereocenters. The summed E-state index contributed by atoms with van der Waals surface area (Å²) in [5.41, 5.74) is 2.30. The van der Waals surface area contributed by atoms with Gasteiger partial charge in [-0.15, -0.1) is 0 Å². The van der Waals surface area contributed by atoms with Crippen molar-refractivity contribution in [3.63, 3.8) is 0 Å². The van der Waals surface area contributed by atoms with Gasteiger partial charge >= 0.3 is 0 Å². The van der Waals surface area contributed by atoms with Crippen LogP contribution in [-0.2, 0) is 0 Å². The van der Waals surface area contributed by atoms with Crippen LogP contribution >= 0.6 is 23.4 Å². The summed E-state index contributed by atoms with van der Waals surface area (Å²) < 4.78 is 0. The van der Waals surface area contributed by atoms with Crippen molar-refractivity contribution in [2.45, 2.75) is 19.8 Å². The Morgan fingerprint density at radius 2 is 2.13 bits per heavy atom. The number of unbranched alkanes of at least 4 members (excludes halogenated alkanes) is 1. The van der Waals surface area contributed by atoms with Gasteiger partial charge in [0.1, 0.15) is 0 Å². The van der Waals surface area contributed by atoms with Gasteiger partial charge in [-0.05, 0) is 43.4 Å². The van der Waals surface area contributed by atoms with Crippen LogP contribution in [0.2, 0.25) is 5.02 Å². The molecule has 0 atom stereocenters. The second kappa shape index (κ2) is 7.02. The van der Waals surface area contributed by atoms with Gasteiger partial charge in [-0.1, -0.05) is 23.7 Å². The molecule has 1 aromatic carbocycles. The van der Waals surface area contributed by atoms with Gasteiger partial charge < -0.3 is 5.32 Å². The van der Waals surface area contributed by atoms with Crippen LogP contribution in [0, 0.1) is 6.92 Å². The number of rotatable bonds is 6. The van der Waals surface area contributed by atoms with Crippen LogP contribution in [0.25, 0.3) is 0 Å². The minimum Gasteiger partial charge on any atom is -0.384 e. The fraction of sp³-hybridized carbons (Fsp3) is 0.500. The molecule has 84 valence electrons. The van der Waals surface area contributed by atoms with Crippen LogP contribution in [0.4, 0.5) is 5.69 Å². The fourth-order valence-electron chi connectivity index (χ4n) is 1.44. The number of anilines is 1. The standard InChI is InChI=1S/C12H18ClNS/c1-10-6-5-7-11(13)12(10)14-8-3-4-9-15-2/h5-7,14H,3-4,8-9H2,1-2H3. The first-order chi connectivity index (χ1) is 7.25. The van der Waals surface area contributed by atoms with E-state index in [1.165, 1.54) is 24.2 Å². The van der Waals surface area contributed by atoms with Crippen molar-refractivity contribution in [1.82, 2.24) is 0 Å². The first-order valence-corrected chi connectivity index (χ1v) is 7.01. The van der Waals surface area contributed by atoms with Gasteiger partial charge in [0, 0.05) is 6.54 Å². The third-order valence-corrected chi connectivity index (χ3v) is 3.31. The van der Waals surface area contributed by atoms with E-state index in [0.717, 1.165) is 17.3 Å². The lowest BCUT2D eigenvalue weighted by molar-refractivity contribution is 0.843. The second-order valence-electron chi connectivity index (χ2n) is 3.56. The fourth-order valence-corrected chi connectivity index (χ4v) is 2.22. The molecule has 0 fully saturated rings. The summed E-state index contributed by atoms with van der Waals surface area (Å²) in [7, 11) is 0. The normalized spacial score (nSPS) is 10.3. The number of halogens is 1. The van der Waals surface area contributed by atoms with E-state index in [0.29, 0.717) is 0 Å². The summed E-state index contributed by atoms with van der Waals surface area (Å²) in [5.74, 6) is 1.24. The smallest absolute Gasteiger partial charge is 0.0640 e. The number of hydrogen-bond donors (Lipinski definition) is 1. The van der Waals surface area contributed by atoms with E-state index in [1.807, 2.05) is 23.9 Å². The number of aryl methyl sites for hydroxylation is 1. The lowest BCUT2D eigenvalue weighted by Gasteiger charge is -2.10. The van der Waals surface area contributed by atoms with Crippen LogP contribution < -0.4 is 5.32 Å². The highest BCUT2D eigenvalue weighted by Gasteiger charge is 2.01. The zero-order chi connectivity index (χ0) is 11.1. The third kappa shape index (κ3) is 4.35. The summed E-state index contributed by atoms with van der Waals surface area (Å²) in [4.78, 5) is 0. The zero-order valence-corrected chi connectivity index (χ0v) is 10.9. The predicted molar refractivity (Wildman–Crippen MR) is 72.3 cm³/mol. The maximum atomic E-state index is 6.10. The quantitative estimate of drug-likeness (QED) is 0.752. The molecule has 0 bridgehead atoms. The topological polar surface area (TPSA) is 12.0 Å². The Kier molecular flexibility index (Phi) is 5.96. The molecule has 1 aromatic rings. The van der Waals surface area contributed by atoms with E-state index in [2.05, 4.69) is 24.6 Å². The molecule has 1 N–H and O–H groups in total. The highest BCUT2D eigenvalue weighted by atomic mass is 35.5. The number of benzene rings is 1. The Labute approximate surface area is 102 Å². The Bertz CT molecular complexity index is 281. The molecule has 0 aliphatic carbocycles. The van der Waals surface area contributed by atoms with Crippen LogP contribution in [0.1, 0.15) is 18.4 Å². The molecule has 0 aliphatic heterocycles. The van der Waals surface area contributed by atoms with Gasteiger partial charge in [0.15, 0.2) is 0 Å². The highest BCUT2D eigenvalue weighted by Crippen LogP contribution is 2.25. The number of nitrogens with one attached hydrogen (secondary N) is 1. The Morgan fingerprint density at radius 1 is 1.33 bits per heavy atom. The maximum absolute atomic E-state index is 6.10. The molecule has 0 radical (unpaired) electrons. The van der Waals surface area contributed by atoms with Crippen LogP contribution in [0.5, 0.6) is 0 Å². The molecule has 0 heterocycles. The molecule has 3 heteroatoms. The monoisotopic (exact) mass is 243 g/mol. The van der Waals surface area contributed by atoms with Crippen LogP contribution in [0.3, 0.4) is 0 Å². The molecule has 15 heavy (non-hydrogen) atoms. The van der Waals surface area contributed by atoms with Gasteiger partial charge in [-0.3, -0.25) is 0 Å². The molecule has 1 rings (SSSR count). The minimum atomic E-state index is 0.819. The van der Waals surface area contributed by atoms with Crippen molar-refractivity contribution in [1.29, 1.82) is 0 Å². The third-order valence-electron chi connectivity index (χ3n) is 2.30. The molecule has 0 saturated heterocycles. The van der Waals surface area contributed by atoms with E-state index in [1.54, 1.807) is 0 Å². The van der Waals surface area contributed by atoms with Crippen molar-refractivity contribution in [3.8, 4) is 0 Å². The van der Waals surface area contributed by atoms with Crippen LogP contribution in [0.15, 0.2) is 18.2 Å². The van der Waals surface area contributed by atoms with E-state index >= 15 is 0 Å². The van der Waals surface area contributed by atoms with Crippen molar-refractivity contribution in [2.75, 3.05) is 23.9 Å². The van der Waals surface area contributed by atoms with E-state index in [9.17, 15) is 0 Å². The number of para-hydroxylation sites is 1. The Balaban J connectivity index is 2.37. The first kappa shape index (κ1) is 12.7. The molecular weight excluding hydrogens is 226 g/mol. The van der Waals surface area contributed by atoms with Gasteiger partial charge in [-0.2, -0.15) is 11.8 Å². The molecule has 1 nitrogen and oxygen atoms in total. The van der Waals surface area contributed by atoms with Crippen molar-refractivity contribution in [2.24, 2.45) is 0 Å². The second-order valence-corrected chi connectivity index (χ2v) is 4.95.